The smallest absolute Gasteiger partial charge is 0.230 e. The van der Waals surface area contributed by atoms with Crippen LogP contribution in [0.15, 0.2) is 28.7 Å². The fraction of sp³-hybridized carbons (Fsp3) is 0.533. The Morgan fingerprint density at radius 3 is 2.32 bits per heavy atom. The highest BCUT2D eigenvalue weighted by Crippen LogP contribution is 2.25. The summed E-state index contributed by atoms with van der Waals surface area (Å²) in [4.78, 5) is 12.4. The molecule has 0 fully saturated rings. The van der Waals surface area contributed by atoms with Crippen LogP contribution in [0, 0.1) is 5.92 Å². The first-order valence-corrected chi connectivity index (χ1v) is 7.26. The van der Waals surface area contributed by atoms with Gasteiger partial charge < -0.3 is 10.4 Å². The van der Waals surface area contributed by atoms with Crippen molar-refractivity contribution in [3.05, 3.63) is 34.3 Å². The summed E-state index contributed by atoms with van der Waals surface area (Å²) in [6, 6.07) is 7.72. The molecule has 0 aliphatic heterocycles. The van der Waals surface area contributed by atoms with E-state index in [4.69, 9.17) is 5.11 Å². The van der Waals surface area contributed by atoms with Crippen LogP contribution in [0.2, 0.25) is 0 Å². The Hall–Kier alpha value is -0.870. The van der Waals surface area contributed by atoms with Crippen molar-refractivity contribution in [2.75, 3.05) is 6.61 Å². The van der Waals surface area contributed by atoms with E-state index in [1.165, 1.54) is 0 Å². The molecule has 0 radical (unpaired) electrons. The molecule has 0 heterocycles. The zero-order chi connectivity index (χ0) is 14.6. The number of carbonyl (C=O) groups is 1. The summed E-state index contributed by atoms with van der Waals surface area (Å²) >= 11 is 3.39. The van der Waals surface area contributed by atoms with Crippen LogP contribution in [0.1, 0.15) is 33.3 Å². The van der Waals surface area contributed by atoms with Gasteiger partial charge in [0.2, 0.25) is 5.91 Å². The minimum absolute atomic E-state index is 0.0253. The van der Waals surface area contributed by atoms with Gasteiger partial charge in [0.1, 0.15) is 0 Å². The van der Waals surface area contributed by atoms with E-state index < -0.39 is 5.41 Å². The van der Waals surface area contributed by atoms with Crippen molar-refractivity contribution in [2.45, 2.75) is 39.2 Å². The number of benzene rings is 1. The van der Waals surface area contributed by atoms with E-state index in [0.717, 1.165) is 10.0 Å². The lowest BCUT2D eigenvalue weighted by Crippen LogP contribution is -2.46. The second kappa shape index (κ2) is 6.53. The molecule has 19 heavy (non-hydrogen) atoms. The van der Waals surface area contributed by atoms with Crippen LogP contribution in [0.5, 0.6) is 0 Å². The molecule has 1 aromatic rings. The maximum atomic E-state index is 12.4. The average molecular weight is 328 g/mol. The summed E-state index contributed by atoms with van der Waals surface area (Å²) in [5.74, 6) is 0.0206. The van der Waals surface area contributed by atoms with Gasteiger partial charge in [-0.1, -0.05) is 35.0 Å². The highest BCUT2D eigenvalue weighted by molar-refractivity contribution is 9.10. The molecule has 2 atom stereocenters. The SMILES string of the molecule is CC(CO)C(C)NC(=O)C(C)(C)c1ccc(Br)cc1. The fourth-order valence-electron chi connectivity index (χ4n) is 1.69. The van der Waals surface area contributed by atoms with E-state index in [1.54, 1.807) is 0 Å². The van der Waals surface area contributed by atoms with Crippen molar-refractivity contribution < 1.29 is 9.90 Å². The molecule has 1 aromatic carbocycles. The number of carbonyl (C=O) groups excluding carboxylic acids is 1. The van der Waals surface area contributed by atoms with Gasteiger partial charge in [0.15, 0.2) is 0 Å². The monoisotopic (exact) mass is 327 g/mol. The predicted molar refractivity (Wildman–Crippen MR) is 81.0 cm³/mol. The van der Waals surface area contributed by atoms with Crippen LogP contribution in [-0.4, -0.2) is 23.7 Å². The highest BCUT2D eigenvalue weighted by atomic mass is 79.9. The molecule has 0 bridgehead atoms. The van der Waals surface area contributed by atoms with Gasteiger partial charge in [0.25, 0.3) is 0 Å². The van der Waals surface area contributed by atoms with E-state index in [2.05, 4.69) is 21.2 Å². The molecule has 0 aromatic heterocycles. The Bertz CT molecular complexity index is 428. The molecule has 0 saturated carbocycles. The van der Waals surface area contributed by atoms with Crippen LogP contribution in [0.4, 0.5) is 0 Å². The first-order valence-electron chi connectivity index (χ1n) is 6.47. The molecule has 1 amide bonds. The molecule has 1 rings (SSSR count). The van der Waals surface area contributed by atoms with Crippen molar-refractivity contribution in [1.29, 1.82) is 0 Å². The lowest BCUT2D eigenvalue weighted by molar-refractivity contribution is -0.126. The second-order valence-electron chi connectivity index (χ2n) is 5.55. The molecule has 2 N–H and O–H groups in total. The second-order valence-corrected chi connectivity index (χ2v) is 6.47. The molecular weight excluding hydrogens is 306 g/mol. The van der Waals surface area contributed by atoms with E-state index in [-0.39, 0.29) is 24.5 Å². The Morgan fingerprint density at radius 1 is 1.32 bits per heavy atom. The maximum absolute atomic E-state index is 12.4. The maximum Gasteiger partial charge on any atom is 0.230 e. The molecular formula is C15H22BrNO2. The Labute approximate surface area is 123 Å². The van der Waals surface area contributed by atoms with Gasteiger partial charge in [-0.25, -0.2) is 0 Å². The van der Waals surface area contributed by atoms with Crippen molar-refractivity contribution in [3.63, 3.8) is 0 Å². The van der Waals surface area contributed by atoms with Crippen LogP contribution in [0.3, 0.4) is 0 Å². The van der Waals surface area contributed by atoms with Crippen LogP contribution in [-0.2, 0) is 10.2 Å². The molecule has 3 nitrogen and oxygen atoms in total. The number of hydrogen-bond donors (Lipinski definition) is 2. The number of nitrogens with one attached hydrogen (secondary N) is 1. The van der Waals surface area contributed by atoms with Crippen LogP contribution < -0.4 is 5.32 Å². The third-order valence-electron chi connectivity index (χ3n) is 3.63. The quantitative estimate of drug-likeness (QED) is 0.873. The lowest BCUT2D eigenvalue weighted by atomic mass is 9.83. The van der Waals surface area contributed by atoms with Crippen molar-refractivity contribution in [2.24, 2.45) is 5.92 Å². The summed E-state index contributed by atoms with van der Waals surface area (Å²) in [6.45, 7) is 7.71. The molecule has 2 unspecified atom stereocenters. The zero-order valence-electron chi connectivity index (χ0n) is 11.9. The highest BCUT2D eigenvalue weighted by Gasteiger charge is 2.31. The molecule has 4 heteroatoms. The largest absolute Gasteiger partial charge is 0.396 e. The van der Waals surface area contributed by atoms with Crippen molar-refractivity contribution in [3.8, 4) is 0 Å². The standard InChI is InChI=1S/C15H22BrNO2/c1-10(9-18)11(2)17-14(19)15(3,4)12-5-7-13(16)8-6-12/h5-8,10-11,18H,9H2,1-4H3,(H,17,19). The van der Waals surface area contributed by atoms with Gasteiger partial charge >= 0.3 is 0 Å². The minimum Gasteiger partial charge on any atom is -0.396 e. The molecule has 0 aliphatic rings. The normalized spacial score (nSPS) is 14.8. The van der Waals surface area contributed by atoms with Gasteiger partial charge in [-0.05, 0) is 44.4 Å². The van der Waals surface area contributed by atoms with Crippen molar-refractivity contribution in [1.82, 2.24) is 5.32 Å². The summed E-state index contributed by atoms with van der Waals surface area (Å²) < 4.78 is 0.995. The predicted octanol–water partition coefficient (Wildman–Crippen LogP) is 2.86. The van der Waals surface area contributed by atoms with Crippen LogP contribution >= 0.6 is 15.9 Å². The number of rotatable bonds is 5. The summed E-state index contributed by atoms with van der Waals surface area (Å²) in [5, 5.41) is 12.1. The first kappa shape index (κ1) is 16.2. The Kier molecular flexibility index (Phi) is 5.56. The van der Waals surface area contributed by atoms with E-state index >= 15 is 0 Å². The fourth-order valence-corrected chi connectivity index (χ4v) is 1.95. The molecule has 0 spiro atoms. The van der Waals surface area contributed by atoms with E-state index in [1.807, 2.05) is 52.0 Å². The van der Waals surface area contributed by atoms with Crippen LogP contribution in [0.25, 0.3) is 0 Å². The first-order chi connectivity index (χ1) is 8.78. The zero-order valence-corrected chi connectivity index (χ0v) is 13.5. The Morgan fingerprint density at radius 2 is 1.84 bits per heavy atom. The lowest BCUT2D eigenvalue weighted by Gasteiger charge is -2.28. The van der Waals surface area contributed by atoms with Gasteiger partial charge in [-0.15, -0.1) is 0 Å². The number of halogens is 1. The van der Waals surface area contributed by atoms with Gasteiger partial charge in [-0.3, -0.25) is 4.79 Å². The van der Waals surface area contributed by atoms with E-state index in [9.17, 15) is 4.79 Å². The number of aliphatic hydroxyl groups excluding tert-OH is 1. The minimum atomic E-state index is -0.593. The number of aliphatic hydroxyl groups is 1. The van der Waals surface area contributed by atoms with Crippen molar-refractivity contribution >= 4 is 21.8 Å². The topological polar surface area (TPSA) is 49.3 Å². The number of amides is 1. The summed E-state index contributed by atoms with van der Waals surface area (Å²) in [7, 11) is 0. The van der Waals surface area contributed by atoms with Gasteiger partial charge in [0.05, 0.1) is 5.41 Å². The number of hydrogen-bond acceptors (Lipinski definition) is 2. The summed E-state index contributed by atoms with van der Waals surface area (Å²) in [6.07, 6.45) is 0. The molecule has 0 aliphatic carbocycles. The third kappa shape index (κ3) is 4.05. The Balaban J connectivity index is 2.82. The average Bonchev–Trinajstić information content (AvgIpc) is 2.38. The molecule has 0 saturated heterocycles. The molecule has 106 valence electrons. The van der Waals surface area contributed by atoms with Gasteiger partial charge in [-0.2, -0.15) is 0 Å². The summed E-state index contributed by atoms with van der Waals surface area (Å²) in [5.41, 5.74) is 0.376. The van der Waals surface area contributed by atoms with Gasteiger partial charge in [0, 0.05) is 17.1 Å². The van der Waals surface area contributed by atoms with E-state index in [0.29, 0.717) is 0 Å². The third-order valence-corrected chi connectivity index (χ3v) is 4.16.